The summed E-state index contributed by atoms with van der Waals surface area (Å²) in [7, 11) is 0. The minimum absolute atomic E-state index is 0.319. The zero-order valence-electron chi connectivity index (χ0n) is 16.4. The minimum atomic E-state index is -0.319. The zero-order chi connectivity index (χ0) is 18.2. The second kappa shape index (κ2) is 9.85. The van der Waals surface area contributed by atoms with Gasteiger partial charge in [-0.05, 0) is 44.4 Å². The van der Waals surface area contributed by atoms with Crippen molar-refractivity contribution < 1.29 is 4.79 Å². The Bertz CT molecular complexity index is 577. The number of primary amides is 1. The molecule has 0 heterocycles. The molecule has 2 rings (SSSR count). The third-order valence-corrected chi connectivity index (χ3v) is 6.05. The fourth-order valence-corrected chi connectivity index (χ4v) is 4.50. The Balaban J connectivity index is 2.26. The molecule has 2 N–H and O–H groups in total. The van der Waals surface area contributed by atoms with Gasteiger partial charge in [-0.3, -0.25) is 4.79 Å². The molecule has 0 aromatic heterocycles. The van der Waals surface area contributed by atoms with E-state index in [-0.39, 0.29) is 5.91 Å². The third kappa shape index (κ3) is 5.50. The van der Waals surface area contributed by atoms with Gasteiger partial charge in [0.1, 0.15) is 0 Å². The Hall–Kier alpha value is -1.49. The molecule has 2 nitrogen and oxygen atoms in total. The molecular formula is C23H35NO. The van der Waals surface area contributed by atoms with Gasteiger partial charge in [-0.1, -0.05) is 75.9 Å². The van der Waals surface area contributed by atoms with Crippen molar-refractivity contribution >= 4 is 5.91 Å². The summed E-state index contributed by atoms with van der Waals surface area (Å²) in [5.74, 6) is 7.99. The first-order chi connectivity index (χ1) is 12.0. The number of carbonyl (C=O) groups is 1. The Kier molecular flexibility index (Phi) is 7.82. The van der Waals surface area contributed by atoms with Crippen molar-refractivity contribution in [3.63, 3.8) is 0 Å². The Morgan fingerprint density at radius 1 is 1.16 bits per heavy atom. The fraction of sp³-hybridized carbons (Fsp3) is 0.696. The normalized spacial score (nSPS) is 26.4. The van der Waals surface area contributed by atoms with Crippen LogP contribution in [0.5, 0.6) is 0 Å². The van der Waals surface area contributed by atoms with E-state index in [1.54, 1.807) is 0 Å². The van der Waals surface area contributed by atoms with E-state index >= 15 is 0 Å². The highest BCUT2D eigenvalue weighted by Crippen LogP contribution is 2.34. The first kappa shape index (κ1) is 19.8. The number of hydrogen-bond donors (Lipinski definition) is 1. The summed E-state index contributed by atoms with van der Waals surface area (Å²) in [6.45, 7) is 6.53. The topological polar surface area (TPSA) is 43.1 Å². The maximum atomic E-state index is 12.1. The summed E-state index contributed by atoms with van der Waals surface area (Å²) in [6, 6.07) is 0. The maximum Gasteiger partial charge on any atom is 0.249 e. The lowest BCUT2D eigenvalue weighted by molar-refractivity contribution is -0.114. The summed E-state index contributed by atoms with van der Waals surface area (Å²) < 4.78 is 0. The fourth-order valence-electron chi connectivity index (χ4n) is 4.50. The van der Waals surface area contributed by atoms with Gasteiger partial charge < -0.3 is 5.73 Å². The number of rotatable bonds is 2. The smallest absolute Gasteiger partial charge is 0.249 e. The average molecular weight is 342 g/mol. The molecule has 1 amide bonds. The van der Waals surface area contributed by atoms with Crippen molar-refractivity contribution in [2.24, 2.45) is 23.5 Å². The average Bonchev–Trinajstić information content (AvgIpc) is 2.65. The van der Waals surface area contributed by atoms with E-state index in [2.05, 4.69) is 38.7 Å². The van der Waals surface area contributed by atoms with E-state index in [0.29, 0.717) is 23.3 Å². The molecule has 2 heteroatoms. The van der Waals surface area contributed by atoms with Gasteiger partial charge in [0.2, 0.25) is 5.91 Å². The quantitative estimate of drug-likeness (QED) is 0.659. The van der Waals surface area contributed by atoms with Crippen LogP contribution in [0.3, 0.4) is 0 Å². The van der Waals surface area contributed by atoms with Crippen LogP contribution >= 0.6 is 0 Å². The Morgan fingerprint density at radius 3 is 2.32 bits per heavy atom. The zero-order valence-corrected chi connectivity index (χ0v) is 16.4. The van der Waals surface area contributed by atoms with Crippen molar-refractivity contribution in [3.8, 4) is 11.8 Å². The van der Waals surface area contributed by atoms with Gasteiger partial charge in [0.25, 0.3) is 0 Å². The maximum absolute atomic E-state index is 12.1. The van der Waals surface area contributed by atoms with E-state index in [1.807, 2.05) is 0 Å². The van der Waals surface area contributed by atoms with Crippen LogP contribution in [0.25, 0.3) is 0 Å². The van der Waals surface area contributed by atoms with Crippen molar-refractivity contribution in [2.45, 2.75) is 85.0 Å². The highest BCUT2D eigenvalue weighted by atomic mass is 16.1. The molecule has 0 bridgehead atoms. The van der Waals surface area contributed by atoms with Crippen molar-refractivity contribution in [1.29, 1.82) is 0 Å². The summed E-state index contributed by atoms with van der Waals surface area (Å²) in [4.78, 5) is 12.1. The largest absolute Gasteiger partial charge is 0.366 e. The van der Waals surface area contributed by atoms with Crippen LogP contribution in [0.15, 0.2) is 22.8 Å². The lowest BCUT2D eigenvalue weighted by atomic mass is 9.83. The van der Waals surface area contributed by atoms with E-state index in [1.165, 1.54) is 51.4 Å². The standard InChI is InChI=1S/C23H35NO/c1-4-21-17(2)13-15-20(22(18(21)3)23(24)25)16-14-19-11-9-7-5-6-8-10-12-19/h15,17,19,21H,4-13H2,1-3H3,(H2,24,25). The van der Waals surface area contributed by atoms with Gasteiger partial charge in [-0.15, -0.1) is 0 Å². The number of hydrogen-bond acceptors (Lipinski definition) is 1. The Labute approximate surface area is 154 Å². The van der Waals surface area contributed by atoms with E-state index in [4.69, 9.17) is 5.73 Å². The lowest BCUT2D eigenvalue weighted by Gasteiger charge is -2.22. The highest BCUT2D eigenvalue weighted by molar-refractivity contribution is 5.99. The van der Waals surface area contributed by atoms with Gasteiger partial charge in [-0.2, -0.15) is 0 Å². The van der Waals surface area contributed by atoms with Crippen molar-refractivity contribution in [2.75, 3.05) is 0 Å². The number of carbonyl (C=O) groups excluding carboxylic acids is 1. The van der Waals surface area contributed by atoms with Gasteiger partial charge in [0.05, 0.1) is 5.57 Å². The molecule has 0 aliphatic heterocycles. The summed E-state index contributed by atoms with van der Waals surface area (Å²) in [5.41, 5.74) is 8.45. The molecule has 0 spiro atoms. The van der Waals surface area contributed by atoms with Crippen LogP contribution in [-0.2, 0) is 4.79 Å². The van der Waals surface area contributed by atoms with E-state index in [9.17, 15) is 4.79 Å². The molecule has 138 valence electrons. The molecule has 2 aliphatic rings. The third-order valence-electron chi connectivity index (χ3n) is 6.05. The molecule has 2 aliphatic carbocycles. The van der Waals surface area contributed by atoms with Crippen molar-refractivity contribution in [1.82, 2.24) is 0 Å². The molecule has 25 heavy (non-hydrogen) atoms. The Morgan fingerprint density at radius 2 is 1.76 bits per heavy atom. The minimum Gasteiger partial charge on any atom is -0.366 e. The predicted molar refractivity (Wildman–Crippen MR) is 106 cm³/mol. The van der Waals surface area contributed by atoms with Crippen LogP contribution in [0.4, 0.5) is 0 Å². The van der Waals surface area contributed by atoms with Crippen molar-refractivity contribution in [3.05, 3.63) is 22.8 Å². The van der Waals surface area contributed by atoms with Gasteiger partial charge in [0.15, 0.2) is 0 Å². The highest BCUT2D eigenvalue weighted by Gasteiger charge is 2.26. The molecule has 0 aromatic rings. The number of nitrogens with two attached hydrogens (primary N) is 1. The second-order valence-corrected chi connectivity index (χ2v) is 7.93. The second-order valence-electron chi connectivity index (χ2n) is 7.93. The van der Waals surface area contributed by atoms with Crippen LogP contribution in [-0.4, -0.2) is 5.91 Å². The monoisotopic (exact) mass is 341 g/mol. The van der Waals surface area contributed by atoms with Crippen LogP contribution in [0.1, 0.15) is 85.0 Å². The summed E-state index contributed by atoms with van der Waals surface area (Å²) >= 11 is 0. The SMILES string of the molecule is CCC1C(C)=C(C(N)=O)C(C#CC2CCCCCCCC2)=CCC1C. The van der Waals surface area contributed by atoms with Crippen LogP contribution < -0.4 is 5.73 Å². The molecule has 2 unspecified atom stereocenters. The lowest BCUT2D eigenvalue weighted by Crippen LogP contribution is -2.20. The summed E-state index contributed by atoms with van der Waals surface area (Å²) in [5, 5.41) is 0. The predicted octanol–water partition coefficient (Wildman–Crippen LogP) is 5.53. The molecule has 0 radical (unpaired) electrons. The molecule has 1 saturated carbocycles. The number of allylic oxidation sites excluding steroid dienone is 2. The summed E-state index contributed by atoms with van der Waals surface area (Å²) in [6.07, 6.45) is 14.5. The molecule has 1 fully saturated rings. The van der Waals surface area contributed by atoms with Gasteiger partial charge in [0, 0.05) is 11.5 Å². The van der Waals surface area contributed by atoms with Crippen LogP contribution in [0.2, 0.25) is 0 Å². The molecular weight excluding hydrogens is 306 g/mol. The number of amides is 1. The molecule has 2 atom stereocenters. The van der Waals surface area contributed by atoms with Gasteiger partial charge >= 0.3 is 0 Å². The van der Waals surface area contributed by atoms with Gasteiger partial charge in [-0.25, -0.2) is 0 Å². The van der Waals surface area contributed by atoms with E-state index < -0.39 is 0 Å². The van der Waals surface area contributed by atoms with E-state index in [0.717, 1.165) is 24.0 Å². The first-order valence-corrected chi connectivity index (χ1v) is 10.3. The molecule has 0 aromatic carbocycles. The first-order valence-electron chi connectivity index (χ1n) is 10.3. The molecule has 0 saturated heterocycles. The van der Waals surface area contributed by atoms with Crippen LogP contribution in [0, 0.1) is 29.6 Å².